The maximum Gasteiger partial charge on any atom is 0.235 e. The van der Waals surface area contributed by atoms with E-state index in [1.54, 1.807) is 24.3 Å². The Morgan fingerprint density at radius 3 is 2.30 bits per heavy atom. The number of aldehydes is 1. The molecule has 40 heavy (non-hydrogen) atoms. The number of hydrogen-bond acceptors (Lipinski definition) is 10. The molecule has 11 nitrogen and oxygen atoms in total. The molecule has 0 aromatic heterocycles. The summed E-state index contributed by atoms with van der Waals surface area (Å²) in [7, 11) is 2.84. The summed E-state index contributed by atoms with van der Waals surface area (Å²) in [6, 6.07) is 9.09. The van der Waals surface area contributed by atoms with Crippen LogP contribution in [-0.2, 0) is 19.2 Å². The van der Waals surface area contributed by atoms with Gasteiger partial charge in [0.25, 0.3) is 0 Å². The lowest BCUT2D eigenvalue weighted by atomic mass is 9.50. The Bertz CT molecular complexity index is 1540. The van der Waals surface area contributed by atoms with Crippen LogP contribution in [0.25, 0.3) is 11.6 Å². The SMILES string of the molecule is CN(C)C1C(=O)C(C(N)=O)C(=O)C2(O)C(=O)C3C(=O)c4c(O)cccc4C(=Cc4cccc(C=O)c4)C3C(O)C12. The number of aliphatic hydroxyl groups excluding tert-OH is 1. The number of amides is 1. The van der Waals surface area contributed by atoms with E-state index in [1.165, 1.54) is 43.3 Å². The zero-order chi connectivity index (χ0) is 29.3. The number of benzene rings is 2. The van der Waals surface area contributed by atoms with E-state index in [1.807, 2.05) is 0 Å². The zero-order valence-electron chi connectivity index (χ0n) is 21.5. The topological polar surface area (TPSA) is 192 Å². The monoisotopic (exact) mass is 546 g/mol. The van der Waals surface area contributed by atoms with Gasteiger partial charge in [-0.2, -0.15) is 0 Å². The highest BCUT2D eigenvalue weighted by atomic mass is 16.3. The number of Topliss-reactive ketones (excluding diaryl/α,β-unsaturated/α-hetero) is 4. The second-order valence-corrected chi connectivity index (χ2v) is 10.6. The number of carbonyl (C=O) groups excluding carboxylic acids is 6. The number of phenols is 1. The molecule has 2 fully saturated rings. The highest BCUT2D eigenvalue weighted by molar-refractivity contribution is 6.33. The van der Waals surface area contributed by atoms with E-state index in [0.717, 1.165) is 0 Å². The molecular formula is C29H26N2O9. The summed E-state index contributed by atoms with van der Waals surface area (Å²) >= 11 is 0. The minimum atomic E-state index is -3.09. The Balaban J connectivity index is 1.80. The van der Waals surface area contributed by atoms with Crippen molar-refractivity contribution >= 4 is 47.0 Å². The molecule has 1 amide bonds. The third-order valence-corrected chi connectivity index (χ3v) is 8.24. The van der Waals surface area contributed by atoms with Gasteiger partial charge in [0.05, 0.1) is 29.5 Å². The van der Waals surface area contributed by atoms with Gasteiger partial charge in [0.15, 0.2) is 34.7 Å². The summed E-state index contributed by atoms with van der Waals surface area (Å²) < 4.78 is 0. The van der Waals surface area contributed by atoms with E-state index >= 15 is 0 Å². The van der Waals surface area contributed by atoms with Crippen LogP contribution in [0.3, 0.4) is 0 Å². The van der Waals surface area contributed by atoms with Crippen LogP contribution in [0.2, 0.25) is 0 Å². The number of nitrogens with two attached hydrogens (primary N) is 1. The molecule has 5 N–H and O–H groups in total. The highest BCUT2D eigenvalue weighted by Crippen LogP contribution is 2.54. The van der Waals surface area contributed by atoms with Crippen molar-refractivity contribution in [3.8, 4) is 5.75 Å². The number of nitrogens with zero attached hydrogens (tertiary/aromatic N) is 1. The minimum absolute atomic E-state index is 0.199. The third-order valence-electron chi connectivity index (χ3n) is 8.24. The lowest BCUT2D eigenvalue weighted by molar-refractivity contribution is -0.192. The van der Waals surface area contributed by atoms with Crippen LogP contribution in [0.1, 0.15) is 31.8 Å². The number of primary amides is 1. The minimum Gasteiger partial charge on any atom is -0.507 e. The molecule has 7 unspecified atom stereocenters. The average molecular weight is 547 g/mol. The van der Waals surface area contributed by atoms with Gasteiger partial charge in [0, 0.05) is 11.5 Å². The number of rotatable bonds is 4. The van der Waals surface area contributed by atoms with Gasteiger partial charge < -0.3 is 21.1 Å². The molecule has 3 aliphatic carbocycles. The van der Waals surface area contributed by atoms with Gasteiger partial charge in [-0.15, -0.1) is 0 Å². The summed E-state index contributed by atoms with van der Waals surface area (Å²) in [5, 5.41) is 34.2. The zero-order valence-corrected chi connectivity index (χ0v) is 21.5. The second kappa shape index (κ2) is 9.40. The molecule has 0 spiro atoms. The number of carbonyl (C=O) groups is 6. The number of likely N-dealkylation sites (N-methyl/N-ethyl adjacent to an activating group) is 1. The van der Waals surface area contributed by atoms with Crippen molar-refractivity contribution in [1.29, 1.82) is 0 Å². The molecule has 0 heterocycles. The quantitative estimate of drug-likeness (QED) is 0.291. The van der Waals surface area contributed by atoms with Gasteiger partial charge in [-0.1, -0.05) is 36.4 Å². The first-order valence-electron chi connectivity index (χ1n) is 12.5. The van der Waals surface area contributed by atoms with Gasteiger partial charge >= 0.3 is 0 Å². The van der Waals surface area contributed by atoms with Crippen molar-refractivity contribution in [2.45, 2.75) is 17.7 Å². The van der Waals surface area contributed by atoms with Gasteiger partial charge in [-0.25, -0.2) is 0 Å². The van der Waals surface area contributed by atoms with Crippen molar-refractivity contribution in [3.05, 3.63) is 64.7 Å². The van der Waals surface area contributed by atoms with Crippen LogP contribution in [0.4, 0.5) is 0 Å². The van der Waals surface area contributed by atoms with Crippen LogP contribution in [0.15, 0.2) is 42.5 Å². The average Bonchev–Trinajstić information content (AvgIpc) is 2.90. The summed E-state index contributed by atoms with van der Waals surface area (Å²) in [6.45, 7) is 0. The molecule has 0 aliphatic heterocycles. The molecule has 2 saturated carbocycles. The van der Waals surface area contributed by atoms with E-state index in [0.29, 0.717) is 17.4 Å². The summed E-state index contributed by atoms with van der Waals surface area (Å²) in [6.07, 6.45) is 0.353. The van der Waals surface area contributed by atoms with E-state index in [-0.39, 0.29) is 16.7 Å². The van der Waals surface area contributed by atoms with Gasteiger partial charge in [0.2, 0.25) is 5.91 Å². The Morgan fingerprint density at radius 1 is 1.02 bits per heavy atom. The number of aromatic hydroxyl groups is 1. The normalized spacial score (nSPS) is 32.5. The van der Waals surface area contributed by atoms with Crippen LogP contribution >= 0.6 is 0 Å². The summed E-state index contributed by atoms with van der Waals surface area (Å²) in [4.78, 5) is 79.5. The molecule has 206 valence electrons. The molecule has 0 radical (unpaired) electrons. The predicted octanol–water partition coefficient (Wildman–Crippen LogP) is -0.352. The first-order valence-corrected chi connectivity index (χ1v) is 12.5. The molecule has 11 heteroatoms. The fraction of sp³-hybridized carbons (Fsp3) is 0.310. The Hall–Kier alpha value is -4.32. The molecule has 2 aromatic carbocycles. The molecule has 2 aromatic rings. The molecule has 0 bridgehead atoms. The fourth-order valence-electron chi connectivity index (χ4n) is 6.57. The first-order chi connectivity index (χ1) is 18.9. The van der Waals surface area contributed by atoms with Crippen molar-refractivity contribution in [3.63, 3.8) is 0 Å². The Labute approximate surface area is 227 Å². The van der Waals surface area contributed by atoms with Crippen LogP contribution in [0, 0.1) is 23.7 Å². The Morgan fingerprint density at radius 2 is 1.68 bits per heavy atom. The number of phenolic OH excluding ortho intramolecular Hbond substituents is 1. The highest BCUT2D eigenvalue weighted by Gasteiger charge is 2.72. The number of hydrogen-bond donors (Lipinski definition) is 4. The standard InChI is InChI=1S/C29H26N2O9/c1-31(2)22-21-24(35)18-15(10-12-5-3-6-13(9-12)11-32)14-7-4-8-16(33)17(14)23(34)19(18)26(37)29(21,40)27(38)20(25(22)36)28(30)39/h3-11,18-22,24,33,35,40H,1-2H3,(H2,30,39). The van der Waals surface area contributed by atoms with Crippen molar-refractivity contribution < 1.29 is 44.1 Å². The number of ketones is 4. The maximum atomic E-state index is 14.1. The largest absolute Gasteiger partial charge is 0.507 e. The lowest BCUT2D eigenvalue weighted by Gasteiger charge is -2.55. The lowest BCUT2D eigenvalue weighted by Crippen LogP contribution is -2.77. The van der Waals surface area contributed by atoms with Crippen molar-refractivity contribution in [1.82, 2.24) is 4.90 Å². The van der Waals surface area contributed by atoms with Crippen LogP contribution in [-0.4, -0.2) is 87.4 Å². The molecule has 3 aliphatic rings. The fourth-order valence-corrected chi connectivity index (χ4v) is 6.57. The van der Waals surface area contributed by atoms with E-state index in [9.17, 15) is 44.1 Å². The first kappa shape index (κ1) is 27.3. The van der Waals surface area contributed by atoms with Gasteiger partial charge in [-0.3, -0.25) is 33.7 Å². The van der Waals surface area contributed by atoms with Gasteiger partial charge in [-0.05, 0) is 42.9 Å². The second-order valence-electron chi connectivity index (χ2n) is 10.6. The van der Waals surface area contributed by atoms with Crippen LogP contribution < -0.4 is 5.73 Å². The van der Waals surface area contributed by atoms with E-state index in [4.69, 9.17) is 5.73 Å². The van der Waals surface area contributed by atoms with E-state index < -0.39 is 76.2 Å². The summed E-state index contributed by atoms with van der Waals surface area (Å²) in [5.74, 6) is -13.6. The number of fused-ring (bicyclic) bond motifs is 3. The van der Waals surface area contributed by atoms with Crippen molar-refractivity contribution in [2.75, 3.05) is 14.1 Å². The van der Waals surface area contributed by atoms with Crippen LogP contribution in [0.5, 0.6) is 5.75 Å². The maximum absolute atomic E-state index is 14.1. The molecule has 7 atom stereocenters. The third kappa shape index (κ3) is 3.62. The Kier molecular flexibility index (Phi) is 6.41. The molecular weight excluding hydrogens is 520 g/mol. The smallest absolute Gasteiger partial charge is 0.235 e. The van der Waals surface area contributed by atoms with E-state index in [2.05, 4.69) is 0 Å². The van der Waals surface area contributed by atoms with Gasteiger partial charge in [0.1, 0.15) is 12.0 Å². The molecule has 5 rings (SSSR count). The summed E-state index contributed by atoms with van der Waals surface area (Å²) in [5.41, 5.74) is 3.20. The van der Waals surface area contributed by atoms with Crippen molar-refractivity contribution in [2.24, 2.45) is 29.4 Å². The number of aliphatic hydroxyl groups is 2. The molecule has 0 saturated heterocycles. The predicted molar refractivity (Wildman–Crippen MR) is 139 cm³/mol.